The zero-order chi connectivity index (χ0) is 15.1. The maximum absolute atomic E-state index is 11.1. The van der Waals surface area contributed by atoms with E-state index >= 15 is 0 Å². The van der Waals surface area contributed by atoms with E-state index in [2.05, 4.69) is 4.57 Å². The molecule has 0 fully saturated rings. The SMILES string of the molecule is Cc1c(-n2c(C)cc3c2CCCC3O)cccc1[N+](=O)[O-]. The summed E-state index contributed by atoms with van der Waals surface area (Å²) in [6.07, 6.45) is 2.19. The van der Waals surface area contributed by atoms with Crippen molar-refractivity contribution in [3.63, 3.8) is 0 Å². The van der Waals surface area contributed by atoms with Crippen molar-refractivity contribution >= 4 is 5.69 Å². The predicted octanol–water partition coefficient (Wildman–Crippen LogP) is 3.37. The van der Waals surface area contributed by atoms with E-state index in [1.165, 1.54) is 6.07 Å². The van der Waals surface area contributed by atoms with Crippen LogP contribution in [0.5, 0.6) is 0 Å². The summed E-state index contributed by atoms with van der Waals surface area (Å²) in [5.41, 5.74) is 4.66. The van der Waals surface area contributed by atoms with E-state index in [9.17, 15) is 15.2 Å². The van der Waals surface area contributed by atoms with Crippen LogP contribution in [-0.4, -0.2) is 14.6 Å². The van der Waals surface area contributed by atoms with E-state index in [0.717, 1.165) is 41.9 Å². The van der Waals surface area contributed by atoms with Crippen LogP contribution in [-0.2, 0) is 6.42 Å². The van der Waals surface area contributed by atoms with Gasteiger partial charge in [0.15, 0.2) is 0 Å². The average Bonchev–Trinajstić information content (AvgIpc) is 2.77. The molecule has 0 aliphatic heterocycles. The Kier molecular flexibility index (Phi) is 3.29. The number of aliphatic hydroxyl groups excluding tert-OH is 1. The monoisotopic (exact) mass is 286 g/mol. The van der Waals surface area contributed by atoms with E-state index in [1.54, 1.807) is 13.0 Å². The van der Waals surface area contributed by atoms with Gasteiger partial charge in [-0.25, -0.2) is 0 Å². The van der Waals surface area contributed by atoms with Crippen LogP contribution in [0.25, 0.3) is 5.69 Å². The molecule has 1 aromatic carbocycles. The summed E-state index contributed by atoms with van der Waals surface area (Å²) in [4.78, 5) is 10.8. The van der Waals surface area contributed by atoms with Crippen molar-refractivity contribution < 1.29 is 10.0 Å². The van der Waals surface area contributed by atoms with Gasteiger partial charge in [0.2, 0.25) is 0 Å². The lowest BCUT2D eigenvalue weighted by atomic mass is 9.95. The van der Waals surface area contributed by atoms with E-state index in [1.807, 2.05) is 19.1 Å². The summed E-state index contributed by atoms with van der Waals surface area (Å²) >= 11 is 0. The van der Waals surface area contributed by atoms with Gasteiger partial charge in [-0.2, -0.15) is 0 Å². The van der Waals surface area contributed by atoms with E-state index in [0.29, 0.717) is 5.56 Å². The van der Waals surface area contributed by atoms with E-state index in [4.69, 9.17) is 0 Å². The summed E-state index contributed by atoms with van der Waals surface area (Å²) < 4.78 is 2.06. The number of rotatable bonds is 2. The molecular formula is C16H18N2O3. The quantitative estimate of drug-likeness (QED) is 0.679. The van der Waals surface area contributed by atoms with Crippen molar-refractivity contribution in [3.05, 3.63) is 56.9 Å². The van der Waals surface area contributed by atoms with Crippen molar-refractivity contribution in [3.8, 4) is 5.69 Å². The van der Waals surface area contributed by atoms with Gasteiger partial charge in [0.25, 0.3) is 5.69 Å². The van der Waals surface area contributed by atoms with Gasteiger partial charge in [0.05, 0.1) is 22.3 Å². The highest BCUT2D eigenvalue weighted by Crippen LogP contribution is 2.35. The number of benzene rings is 1. The standard InChI is InChI=1S/C16H18N2O3/c1-10-9-12-15(7-4-8-16(12)19)17(10)13-5-3-6-14(11(13)2)18(20)21/h3,5-6,9,16,19H,4,7-8H2,1-2H3. The number of fused-ring (bicyclic) bond motifs is 1. The van der Waals surface area contributed by atoms with Crippen LogP contribution >= 0.6 is 0 Å². The molecule has 0 spiro atoms. The molecule has 1 aliphatic rings. The third-order valence-corrected chi connectivity index (χ3v) is 4.28. The number of aliphatic hydroxyl groups is 1. The highest BCUT2D eigenvalue weighted by molar-refractivity contribution is 5.55. The summed E-state index contributed by atoms with van der Waals surface area (Å²) in [6.45, 7) is 3.75. The Bertz CT molecular complexity index is 719. The van der Waals surface area contributed by atoms with Crippen molar-refractivity contribution in [1.82, 2.24) is 4.57 Å². The molecule has 1 unspecified atom stereocenters. The van der Waals surface area contributed by atoms with Crippen LogP contribution in [0.1, 0.15) is 41.5 Å². The van der Waals surface area contributed by atoms with Crippen LogP contribution < -0.4 is 0 Å². The van der Waals surface area contributed by atoms with E-state index < -0.39 is 6.10 Å². The van der Waals surface area contributed by atoms with Crippen LogP contribution in [0.15, 0.2) is 24.3 Å². The minimum Gasteiger partial charge on any atom is -0.388 e. The van der Waals surface area contributed by atoms with Crippen molar-refractivity contribution in [1.29, 1.82) is 0 Å². The molecule has 21 heavy (non-hydrogen) atoms. The molecule has 0 amide bonds. The fourth-order valence-corrected chi connectivity index (χ4v) is 3.26. The van der Waals surface area contributed by atoms with Gasteiger partial charge in [-0.3, -0.25) is 10.1 Å². The number of aromatic nitrogens is 1. The first-order chi connectivity index (χ1) is 10.0. The Morgan fingerprint density at radius 1 is 1.38 bits per heavy atom. The average molecular weight is 286 g/mol. The number of hydrogen-bond donors (Lipinski definition) is 1. The van der Waals surface area contributed by atoms with Gasteiger partial charge in [-0.05, 0) is 45.2 Å². The lowest BCUT2D eigenvalue weighted by Gasteiger charge is -2.21. The molecule has 3 rings (SSSR count). The Morgan fingerprint density at radius 3 is 2.86 bits per heavy atom. The second kappa shape index (κ2) is 5.00. The third-order valence-electron chi connectivity index (χ3n) is 4.28. The first kappa shape index (κ1) is 13.8. The number of aryl methyl sites for hydroxylation is 1. The summed E-state index contributed by atoms with van der Waals surface area (Å²) in [5.74, 6) is 0. The summed E-state index contributed by atoms with van der Waals surface area (Å²) in [6, 6.07) is 7.14. The largest absolute Gasteiger partial charge is 0.388 e. The molecule has 1 aromatic heterocycles. The third kappa shape index (κ3) is 2.14. The molecule has 5 heteroatoms. The molecule has 110 valence electrons. The first-order valence-corrected chi connectivity index (χ1v) is 7.14. The normalized spacial score (nSPS) is 17.6. The number of nitro groups is 1. The molecule has 5 nitrogen and oxygen atoms in total. The fourth-order valence-electron chi connectivity index (χ4n) is 3.26. The van der Waals surface area contributed by atoms with Gasteiger partial charge in [-0.1, -0.05) is 6.07 Å². The Hall–Kier alpha value is -2.14. The lowest BCUT2D eigenvalue weighted by Crippen LogP contribution is -2.12. The number of nitrogens with zero attached hydrogens (tertiary/aromatic N) is 2. The zero-order valence-electron chi connectivity index (χ0n) is 12.2. The van der Waals surface area contributed by atoms with Gasteiger partial charge >= 0.3 is 0 Å². The lowest BCUT2D eigenvalue weighted by molar-refractivity contribution is -0.385. The first-order valence-electron chi connectivity index (χ1n) is 7.14. The van der Waals surface area contributed by atoms with Gasteiger partial charge in [0, 0.05) is 23.0 Å². The topological polar surface area (TPSA) is 68.3 Å². The maximum Gasteiger partial charge on any atom is 0.274 e. The zero-order valence-corrected chi connectivity index (χ0v) is 12.2. The van der Waals surface area contributed by atoms with Crippen LogP contribution in [0, 0.1) is 24.0 Å². The molecule has 0 bridgehead atoms. The fraction of sp³-hybridized carbons (Fsp3) is 0.375. The van der Waals surface area contributed by atoms with Crippen molar-refractivity contribution in [2.75, 3.05) is 0 Å². The second-order valence-corrected chi connectivity index (χ2v) is 5.61. The smallest absolute Gasteiger partial charge is 0.274 e. The molecule has 1 heterocycles. The maximum atomic E-state index is 11.1. The van der Waals surface area contributed by atoms with Gasteiger partial charge in [-0.15, -0.1) is 0 Å². The van der Waals surface area contributed by atoms with Gasteiger partial charge in [0.1, 0.15) is 0 Å². The number of nitro benzene ring substituents is 1. The highest BCUT2D eigenvalue weighted by atomic mass is 16.6. The second-order valence-electron chi connectivity index (χ2n) is 5.61. The Morgan fingerprint density at radius 2 is 2.14 bits per heavy atom. The van der Waals surface area contributed by atoms with Crippen molar-refractivity contribution in [2.45, 2.75) is 39.2 Å². The molecule has 1 aliphatic carbocycles. The molecule has 1 atom stereocenters. The molecule has 0 radical (unpaired) electrons. The minimum absolute atomic E-state index is 0.130. The highest BCUT2D eigenvalue weighted by Gasteiger charge is 2.25. The molecular weight excluding hydrogens is 268 g/mol. The van der Waals surface area contributed by atoms with Crippen LogP contribution in [0.3, 0.4) is 0 Å². The molecule has 0 saturated carbocycles. The Labute approximate surface area is 123 Å². The number of hydrogen-bond acceptors (Lipinski definition) is 3. The molecule has 0 saturated heterocycles. The summed E-state index contributed by atoms with van der Waals surface area (Å²) in [5, 5.41) is 21.3. The predicted molar refractivity (Wildman–Crippen MR) is 79.8 cm³/mol. The Balaban J connectivity index is 2.23. The minimum atomic E-state index is -0.423. The molecule has 1 N–H and O–H groups in total. The van der Waals surface area contributed by atoms with Crippen LogP contribution in [0.4, 0.5) is 5.69 Å². The van der Waals surface area contributed by atoms with E-state index in [-0.39, 0.29) is 10.6 Å². The molecule has 2 aromatic rings. The van der Waals surface area contributed by atoms with Gasteiger partial charge < -0.3 is 9.67 Å². The van der Waals surface area contributed by atoms with Crippen LogP contribution in [0.2, 0.25) is 0 Å². The summed E-state index contributed by atoms with van der Waals surface area (Å²) in [7, 11) is 0. The van der Waals surface area contributed by atoms with Crippen molar-refractivity contribution in [2.24, 2.45) is 0 Å².